The third kappa shape index (κ3) is 4.68. The van der Waals surface area contributed by atoms with Crippen molar-refractivity contribution in [3.63, 3.8) is 0 Å². The van der Waals surface area contributed by atoms with Gasteiger partial charge >= 0.3 is 84.4 Å². The molecule has 9 heavy (non-hydrogen) atoms. The van der Waals surface area contributed by atoms with Crippen LogP contribution in [0.4, 0.5) is 0 Å². The molecular formula is C2H2Cl6Ge. The molecular weight excluding hydrogens is 309 g/mol. The molecule has 0 amide bonds. The Balaban J connectivity index is 3.88. The Labute approximate surface area is 83.6 Å². The van der Waals surface area contributed by atoms with E-state index in [2.05, 4.69) is 0 Å². The molecule has 0 saturated carbocycles. The fourth-order valence-electron chi connectivity index (χ4n) is 0.143. The number of hydrogen-bond donors (Lipinski definition) is 0. The van der Waals surface area contributed by atoms with E-state index in [0.29, 0.717) is 0 Å². The van der Waals surface area contributed by atoms with Gasteiger partial charge in [0.25, 0.3) is 0 Å². The molecule has 0 aliphatic carbocycles. The molecule has 0 spiro atoms. The van der Waals surface area contributed by atoms with Gasteiger partial charge in [0.15, 0.2) is 0 Å². The quantitative estimate of drug-likeness (QED) is 0.540. The minimum absolute atomic E-state index is 0.696. The summed E-state index contributed by atoms with van der Waals surface area (Å²) in [6.45, 7) is 0. The monoisotopic (exact) mass is 310 g/mol. The SMILES string of the molecule is ClC(Cl)[CH](Cl)[Ge]([Cl])([Cl])[Cl]. The van der Waals surface area contributed by atoms with Crippen molar-refractivity contribution in [1.29, 1.82) is 0 Å². The third-order valence-corrected chi connectivity index (χ3v) is 11.6. The molecule has 1 unspecified atom stereocenters. The summed E-state index contributed by atoms with van der Waals surface area (Å²) in [5.74, 6) is 0. The molecule has 0 aliphatic rings. The van der Waals surface area contributed by atoms with Crippen molar-refractivity contribution in [3.8, 4) is 0 Å². The second kappa shape index (κ2) is 4.34. The van der Waals surface area contributed by atoms with Crippen LogP contribution in [0, 0.1) is 0 Å². The van der Waals surface area contributed by atoms with Crippen molar-refractivity contribution in [2.24, 2.45) is 0 Å². The summed E-state index contributed by atoms with van der Waals surface area (Å²) in [7, 11) is 13.1. The Morgan fingerprint density at radius 1 is 0.889 bits per heavy atom. The molecule has 0 nitrogen and oxygen atoms in total. The molecule has 0 rings (SSSR count). The Hall–Kier alpha value is 2.28. The van der Waals surface area contributed by atoms with E-state index in [-0.39, 0.29) is 0 Å². The maximum atomic E-state index is 5.52. The molecule has 0 fully saturated rings. The van der Waals surface area contributed by atoms with E-state index in [0.717, 1.165) is 0 Å². The first-order valence-corrected chi connectivity index (χ1v) is 12.6. The van der Waals surface area contributed by atoms with Gasteiger partial charge in [0.1, 0.15) is 0 Å². The van der Waals surface area contributed by atoms with Gasteiger partial charge in [-0.05, 0) is 0 Å². The Morgan fingerprint density at radius 3 is 1.22 bits per heavy atom. The Morgan fingerprint density at radius 2 is 1.22 bits per heavy atom. The van der Waals surface area contributed by atoms with Gasteiger partial charge in [-0.1, -0.05) is 0 Å². The van der Waals surface area contributed by atoms with Gasteiger partial charge in [-0.15, -0.1) is 0 Å². The number of halogens is 6. The van der Waals surface area contributed by atoms with Crippen LogP contribution >= 0.6 is 64.8 Å². The predicted molar refractivity (Wildman–Crippen MR) is 48.4 cm³/mol. The Kier molecular flexibility index (Phi) is 5.45. The zero-order valence-corrected chi connectivity index (χ0v) is 10.6. The van der Waals surface area contributed by atoms with E-state index in [1.165, 1.54) is 0 Å². The molecule has 0 radical (unpaired) electrons. The topological polar surface area (TPSA) is 0 Å². The van der Waals surface area contributed by atoms with Crippen molar-refractivity contribution >= 4 is 75.3 Å². The van der Waals surface area contributed by atoms with E-state index in [4.69, 9.17) is 64.8 Å². The second-order valence-electron chi connectivity index (χ2n) is 1.28. The van der Waals surface area contributed by atoms with Gasteiger partial charge in [0, 0.05) is 0 Å². The second-order valence-corrected chi connectivity index (χ2v) is 19.6. The van der Waals surface area contributed by atoms with Crippen LogP contribution < -0.4 is 0 Å². The van der Waals surface area contributed by atoms with Crippen LogP contribution in [0.1, 0.15) is 0 Å². The molecule has 0 aliphatic heterocycles. The predicted octanol–water partition coefficient (Wildman–Crippen LogP) is 3.59. The molecule has 7 heteroatoms. The van der Waals surface area contributed by atoms with E-state index >= 15 is 0 Å². The van der Waals surface area contributed by atoms with Crippen LogP contribution in [0.15, 0.2) is 0 Å². The van der Waals surface area contributed by atoms with Crippen molar-refractivity contribution in [2.75, 3.05) is 0 Å². The zero-order chi connectivity index (χ0) is 7.65. The summed E-state index contributed by atoms with van der Waals surface area (Å²) >= 11 is 16.2. The summed E-state index contributed by atoms with van der Waals surface area (Å²) in [5.41, 5.74) is 0. The Bertz CT molecular complexity index is 85.5. The average molecular weight is 311 g/mol. The van der Waals surface area contributed by atoms with Crippen LogP contribution in [-0.4, -0.2) is 19.5 Å². The van der Waals surface area contributed by atoms with E-state index < -0.39 is 19.5 Å². The summed E-state index contributed by atoms with van der Waals surface area (Å²) < 4.78 is -0.696. The van der Waals surface area contributed by atoms with Crippen molar-refractivity contribution < 1.29 is 0 Å². The van der Waals surface area contributed by atoms with Crippen molar-refractivity contribution in [2.45, 2.75) is 9.05 Å². The van der Waals surface area contributed by atoms with Gasteiger partial charge in [-0.3, -0.25) is 0 Å². The van der Waals surface area contributed by atoms with Crippen LogP contribution in [0.3, 0.4) is 0 Å². The van der Waals surface area contributed by atoms with Crippen LogP contribution in [0.2, 0.25) is 0 Å². The average Bonchev–Trinajstić information content (AvgIpc) is 1.62. The van der Waals surface area contributed by atoms with E-state index in [9.17, 15) is 0 Å². The van der Waals surface area contributed by atoms with Crippen LogP contribution in [0.25, 0.3) is 0 Å². The molecule has 0 N–H and O–H groups in total. The van der Waals surface area contributed by atoms with Crippen molar-refractivity contribution in [3.05, 3.63) is 0 Å². The number of rotatable bonds is 2. The number of alkyl halides is 3. The summed E-state index contributed by atoms with van der Waals surface area (Å²) in [6.07, 6.45) is 0. The van der Waals surface area contributed by atoms with Crippen LogP contribution in [-0.2, 0) is 0 Å². The first-order valence-electron chi connectivity index (χ1n) is 1.84. The summed E-state index contributed by atoms with van der Waals surface area (Å²) in [4.78, 5) is -0.792. The molecule has 0 aromatic heterocycles. The van der Waals surface area contributed by atoms with Gasteiger partial charge in [-0.25, -0.2) is 0 Å². The normalized spacial score (nSPS) is 16.3. The van der Waals surface area contributed by atoms with Gasteiger partial charge in [0.05, 0.1) is 0 Å². The van der Waals surface area contributed by atoms with E-state index in [1.807, 2.05) is 0 Å². The summed E-state index contributed by atoms with van der Waals surface area (Å²) in [6, 6.07) is 0. The van der Waals surface area contributed by atoms with Gasteiger partial charge < -0.3 is 0 Å². The number of hydrogen-bond acceptors (Lipinski definition) is 0. The zero-order valence-electron chi connectivity index (χ0n) is 3.92. The first-order chi connectivity index (χ1) is 3.85. The molecule has 56 valence electrons. The van der Waals surface area contributed by atoms with Gasteiger partial charge in [0.2, 0.25) is 0 Å². The van der Waals surface area contributed by atoms with Crippen LogP contribution in [0.5, 0.6) is 0 Å². The maximum absolute atomic E-state index is 5.52. The molecule has 0 heterocycles. The molecule has 0 bridgehead atoms. The standard InChI is InChI=1S/C2H2Cl6Ge/c3-1(4)2(5)9(6,7)8/h1-2H. The molecule has 0 saturated heterocycles. The van der Waals surface area contributed by atoms with Crippen molar-refractivity contribution in [1.82, 2.24) is 0 Å². The molecule has 1 atom stereocenters. The molecule has 0 aromatic rings. The minimum atomic E-state index is -3.36. The fourth-order valence-corrected chi connectivity index (χ4v) is 6.68. The van der Waals surface area contributed by atoms with E-state index in [1.54, 1.807) is 0 Å². The van der Waals surface area contributed by atoms with Gasteiger partial charge in [-0.2, -0.15) is 0 Å². The molecule has 0 aromatic carbocycles. The summed E-state index contributed by atoms with van der Waals surface area (Å²) in [5, 5.41) is 0. The fraction of sp³-hybridized carbons (Fsp3) is 1.00. The first kappa shape index (κ1) is 11.3. The third-order valence-electron chi connectivity index (χ3n) is 0.534.